The first-order chi connectivity index (χ1) is 8.38. The van der Waals surface area contributed by atoms with Gasteiger partial charge in [0.2, 0.25) is 5.91 Å². The van der Waals surface area contributed by atoms with E-state index in [0.29, 0.717) is 19.3 Å². The molecule has 1 amide bonds. The van der Waals surface area contributed by atoms with Crippen LogP contribution in [0.1, 0.15) is 39.5 Å². The fourth-order valence-electron chi connectivity index (χ4n) is 1.49. The van der Waals surface area contributed by atoms with Gasteiger partial charge in [0.15, 0.2) is 0 Å². The highest BCUT2D eigenvalue weighted by molar-refractivity contribution is 5.86. The quantitative estimate of drug-likeness (QED) is 0.441. The van der Waals surface area contributed by atoms with E-state index in [1.54, 1.807) is 0 Å². The van der Waals surface area contributed by atoms with Gasteiger partial charge in [-0.15, -0.1) is 12.3 Å². The number of nitrogens with one attached hydrogen (secondary N) is 1. The third-order valence-electron chi connectivity index (χ3n) is 2.43. The lowest BCUT2D eigenvalue weighted by Crippen LogP contribution is -2.45. The molecule has 0 aromatic carbocycles. The zero-order valence-corrected chi connectivity index (χ0v) is 10.8. The topological polar surface area (TPSA) is 86.6 Å². The van der Waals surface area contributed by atoms with Crippen LogP contribution >= 0.6 is 0 Å². The van der Waals surface area contributed by atoms with Crippen LogP contribution in [-0.4, -0.2) is 34.2 Å². The van der Waals surface area contributed by atoms with Crippen LogP contribution in [-0.2, 0) is 9.59 Å². The van der Waals surface area contributed by atoms with E-state index in [0.717, 1.165) is 0 Å². The number of carbonyl (C=O) groups is 2. The van der Waals surface area contributed by atoms with Crippen LogP contribution in [0.3, 0.4) is 0 Å². The number of terminal acetylenes is 1. The Morgan fingerprint density at radius 1 is 1.39 bits per heavy atom. The second-order valence-corrected chi connectivity index (χ2v) is 4.64. The van der Waals surface area contributed by atoms with Crippen molar-refractivity contribution in [3.8, 4) is 12.3 Å². The standard InChI is InChI=1S/C13H21NO4/c1-4-5-6-7-10(13(17)18)14-12(16)11(15)8-9(2)3/h1,9-11,15H,5-8H2,2-3H3,(H,14,16)(H,17,18)/t10-,11+/m1/s1. The van der Waals surface area contributed by atoms with Gasteiger partial charge in [-0.1, -0.05) is 13.8 Å². The molecule has 0 heterocycles. The van der Waals surface area contributed by atoms with Gasteiger partial charge >= 0.3 is 5.97 Å². The summed E-state index contributed by atoms with van der Waals surface area (Å²) in [5, 5.41) is 20.8. The maximum Gasteiger partial charge on any atom is 0.326 e. The molecule has 2 atom stereocenters. The Morgan fingerprint density at radius 3 is 2.44 bits per heavy atom. The molecule has 0 unspecified atom stereocenters. The lowest BCUT2D eigenvalue weighted by molar-refractivity contribution is -0.143. The van der Waals surface area contributed by atoms with Gasteiger partial charge < -0.3 is 15.5 Å². The minimum absolute atomic E-state index is 0.162. The van der Waals surface area contributed by atoms with Crippen molar-refractivity contribution in [2.45, 2.75) is 51.7 Å². The van der Waals surface area contributed by atoms with Gasteiger partial charge in [0.1, 0.15) is 12.1 Å². The minimum atomic E-state index is -1.17. The smallest absolute Gasteiger partial charge is 0.326 e. The van der Waals surface area contributed by atoms with E-state index in [-0.39, 0.29) is 12.3 Å². The zero-order chi connectivity index (χ0) is 14.1. The van der Waals surface area contributed by atoms with Crippen molar-refractivity contribution in [1.82, 2.24) is 5.32 Å². The van der Waals surface area contributed by atoms with Crippen molar-refractivity contribution in [3.63, 3.8) is 0 Å². The number of hydrogen-bond donors (Lipinski definition) is 3. The summed E-state index contributed by atoms with van der Waals surface area (Å²) in [4.78, 5) is 22.5. The second kappa shape index (κ2) is 8.54. The number of rotatable bonds is 8. The average Bonchev–Trinajstić information content (AvgIpc) is 2.26. The number of hydrogen-bond acceptors (Lipinski definition) is 3. The number of carbonyl (C=O) groups excluding carboxylic acids is 1. The lowest BCUT2D eigenvalue weighted by Gasteiger charge is -2.17. The second-order valence-electron chi connectivity index (χ2n) is 4.64. The van der Waals surface area contributed by atoms with E-state index in [2.05, 4.69) is 11.2 Å². The van der Waals surface area contributed by atoms with E-state index >= 15 is 0 Å². The van der Waals surface area contributed by atoms with Gasteiger partial charge in [-0.3, -0.25) is 4.79 Å². The van der Waals surface area contributed by atoms with Gasteiger partial charge in [-0.25, -0.2) is 4.79 Å². The monoisotopic (exact) mass is 255 g/mol. The molecule has 102 valence electrons. The molecule has 0 saturated carbocycles. The Morgan fingerprint density at radius 2 is 2.00 bits per heavy atom. The van der Waals surface area contributed by atoms with Crippen LogP contribution in [0.15, 0.2) is 0 Å². The lowest BCUT2D eigenvalue weighted by atomic mass is 10.0. The van der Waals surface area contributed by atoms with Crippen molar-refractivity contribution in [2.24, 2.45) is 5.92 Å². The highest BCUT2D eigenvalue weighted by Gasteiger charge is 2.23. The van der Waals surface area contributed by atoms with Crippen LogP contribution in [0.4, 0.5) is 0 Å². The number of carboxylic acids is 1. The van der Waals surface area contributed by atoms with Gasteiger partial charge in [0.25, 0.3) is 0 Å². The van der Waals surface area contributed by atoms with Crippen molar-refractivity contribution < 1.29 is 19.8 Å². The maximum atomic E-state index is 11.6. The Balaban J connectivity index is 4.27. The Bertz CT molecular complexity index is 319. The molecule has 0 aliphatic heterocycles. The molecule has 0 aromatic heterocycles. The van der Waals surface area contributed by atoms with Crippen LogP contribution in [0.2, 0.25) is 0 Å². The van der Waals surface area contributed by atoms with Crippen LogP contribution in [0, 0.1) is 18.3 Å². The van der Waals surface area contributed by atoms with E-state index in [9.17, 15) is 14.7 Å². The molecule has 3 N–H and O–H groups in total. The first-order valence-electron chi connectivity index (χ1n) is 6.03. The molecule has 0 spiro atoms. The van der Waals surface area contributed by atoms with E-state index in [1.807, 2.05) is 13.8 Å². The number of aliphatic hydroxyl groups is 1. The van der Waals surface area contributed by atoms with Crippen LogP contribution in [0.5, 0.6) is 0 Å². The molecule has 0 radical (unpaired) electrons. The van der Waals surface area contributed by atoms with Gasteiger partial charge in [-0.05, 0) is 25.2 Å². The zero-order valence-electron chi connectivity index (χ0n) is 10.8. The summed E-state index contributed by atoms with van der Waals surface area (Å²) in [7, 11) is 0. The largest absolute Gasteiger partial charge is 0.480 e. The van der Waals surface area contributed by atoms with Gasteiger partial charge in [-0.2, -0.15) is 0 Å². The van der Waals surface area contributed by atoms with Crippen molar-refractivity contribution in [1.29, 1.82) is 0 Å². The Labute approximate surface area is 108 Å². The van der Waals surface area contributed by atoms with Crippen molar-refractivity contribution in [3.05, 3.63) is 0 Å². The average molecular weight is 255 g/mol. The summed E-state index contributed by atoms with van der Waals surface area (Å²) in [5.74, 6) is 0.816. The predicted octanol–water partition coefficient (Wildman–Crippen LogP) is 0.766. The van der Waals surface area contributed by atoms with Crippen LogP contribution < -0.4 is 5.32 Å². The van der Waals surface area contributed by atoms with Gasteiger partial charge in [0.05, 0.1) is 0 Å². The molecule has 0 aliphatic rings. The molecule has 0 rings (SSSR count). The summed E-state index contributed by atoms with van der Waals surface area (Å²) in [6, 6.07) is -0.993. The van der Waals surface area contributed by atoms with Crippen molar-refractivity contribution >= 4 is 11.9 Å². The third kappa shape index (κ3) is 6.92. The first-order valence-corrected chi connectivity index (χ1v) is 6.03. The first kappa shape index (κ1) is 16.5. The molecule has 0 fully saturated rings. The number of aliphatic hydroxyl groups excluding tert-OH is 1. The Hall–Kier alpha value is -1.54. The summed E-state index contributed by atoms with van der Waals surface area (Å²) in [6.45, 7) is 3.75. The Kier molecular flexibility index (Phi) is 7.81. The summed E-state index contributed by atoms with van der Waals surface area (Å²) in [5.41, 5.74) is 0. The number of amides is 1. The molecular formula is C13H21NO4. The maximum absolute atomic E-state index is 11.6. The minimum Gasteiger partial charge on any atom is -0.480 e. The van der Waals surface area contributed by atoms with Gasteiger partial charge in [0, 0.05) is 6.42 Å². The predicted molar refractivity (Wildman–Crippen MR) is 67.7 cm³/mol. The highest BCUT2D eigenvalue weighted by Crippen LogP contribution is 2.06. The fraction of sp³-hybridized carbons (Fsp3) is 0.692. The number of aliphatic carboxylic acids is 1. The molecule has 5 heteroatoms. The number of unbranched alkanes of at least 4 members (excludes halogenated alkanes) is 1. The summed E-state index contributed by atoms with van der Waals surface area (Å²) in [6.07, 6.45) is 5.46. The number of carboxylic acid groups (broad SMARTS) is 1. The molecule has 0 aliphatic carbocycles. The molecule has 0 aromatic rings. The SMILES string of the molecule is C#CCCC[C@@H](NC(=O)[C@@H](O)CC(C)C)C(=O)O. The molecule has 0 bridgehead atoms. The summed E-state index contributed by atoms with van der Waals surface area (Å²) >= 11 is 0. The fourth-order valence-corrected chi connectivity index (χ4v) is 1.49. The highest BCUT2D eigenvalue weighted by atomic mass is 16.4. The molecule has 5 nitrogen and oxygen atoms in total. The third-order valence-corrected chi connectivity index (χ3v) is 2.43. The van der Waals surface area contributed by atoms with Crippen molar-refractivity contribution in [2.75, 3.05) is 0 Å². The van der Waals surface area contributed by atoms with E-state index < -0.39 is 24.0 Å². The molecule has 0 saturated heterocycles. The normalized spacial score (nSPS) is 13.7. The van der Waals surface area contributed by atoms with E-state index in [4.69, 9.17) is 11.5 Å². The van der Waals surface area contributed by atoms with E-state index in [1.165, 1.54) is 0 Å². The molecule has 18 heavy (non-hydrogen) atoms. The van der Waals surface area contributed by atoms with Crippen LogP contribution in [0.25, 0.3) is 0 Å². The molecular weight excluding hydrogens is 234 g/mol. The summed E-state index contributed by atoms with van der Waals surface area (Å²) < 4.78 is 0.